The van der Waals surface area contributed by atoms with Gasteiger partial charge in [-0.05, 0) is 30.7 Å². The zero-order valence-electron chi connectivity index (χ0n) is 17.8. The minimum atomic E-state index is -1.12. The smallest absolute Gasteiger partial charge is 0.411 e. The van der Waals surface area contributed by atoms with Gasteiger partial charge in [0.05, 0.1) is 28.3 Å². The molecule has 0 spiro atoms. The number of aliphatic hydroxyl groups is 1. The highest BCUT2D eigenvalue weighted by Gasteiger charge is 2.16. The lowest BCUT2D eigenvalue weighted by Crippen LogP contribution is -2.15. The second kappa shape index (κ2) is 9.49. The molecule has 33 heavy (non-hydrogen) atoms. The molecule has 1 unspecified atom stereocenters. The van der Waals surface area contributed by atoms with Crippen LogP contribution in [0.4, 0.5) is 21.9 Å². The number of pyridine rings is 1. The lowest BCUT2D eigenvalue weighted by atomic mass is 10.1. The molecular formula is C24H22N4O5. The Hall–Kier alpha value is -4.24. The normalized spacial score (nSPS) is 11.8. The van der Waals surface area contributed by atoms with Crippen LogP contribution in [-0.4, -0.2) is 27.7 Å². The highest BCUT2D eigenvalue weighted by molar-refractivity contribution is 6.07. The first-order chi connectivity index (χ1) is 16.0. The van der Waals surface area contributed by atoms with E-state index in [1.165, 1.54) is 12.1 Å². The largest absolute Gasteiger partial charge is 0.449 e. The van der Waals surface area contributed by atoms with Gasteiger partial charge in [-0.3, -0.25) is 15.4 Å². The van der Waals surface area contributed by atoms with Gasteiger partial charge < -0.3 is 15.2 Å². The Labute approximate surface area is 189 Å². The molecule has 0 bridgehead atoms. The summed E-state index contributed by atoms with van der Waals surface area (Å²) in [7, 11) is 0. The number of benzene rings is 3. The van der Waals surface area contributed by atoms with Crippen molar-refractivity contribution in [2.75, 3.05) is 17.2 Å². The molecule has 0 saturated heterocycles. The molecule has 0 saturated carbocycles. The van der Waals surface area contributed by atoms with Gasteiger partial charge in [0.15, 0.2) is 6.23 Å². The van der Waals surface area contributed by atoms with Crippen LogP contribution in [0.2, 0.25) is 0 Å². The van der Waals surface area contributed by atoms with Crippen LogP contribution in [0.5, 0.6) is 0 Å². The average molecular weight is 446 g/mol. The van der Waals surface area contributed by atoms with E-state index in [4.69, 9.17) is 4.74 Å². The van der Waals surface area contributed by atoms with Gasteiger partial charge in [0.25, 0.3) is 5.69 Å². The first-order valence-electron chi connectivity index (χ1n) is 10.4. The number of anilines is 2. The van der Waals surface area contributed by atoms with Crippen LogP contribution in [0.3, 0.4) is 0 Å². The summed E-state index contributed by atoms with van der Waals surface area (Å²) in [4.78, 5) is 27.1. The molecule has 4 aromatic rings. The predicted octanol–water partition coefficient (Wildman–Crippen LogP) is 5.36. The summed E-state index contributed by atoms with van der Waals surface area (Å²) < 4.78 is 5.03. The molecule has 3 N–H and O–H groups in total. The summed E-state index contributed by atoms with van der Waals surface area (Å²) >= 11 is 0. The van der Waals surface area contributed by atoms with Crippen molar-refractivity contribution in [2.24, 2.45) is 0 Å². The minimum absolute atomic E-state index is 0.0643. The standard InChI is InChI=1S/C24H22N4O5/c1-2-12-33-24(30)25-16-7-5-6-15(13-16)23(29)27-22-18-8-3-4-9-20(18)26-21-14-17(28(31)32)10-11-19(21)22/h3-11,13-14,23,29H,2,12H2,1H3,(H,25,30)(H,26,27). The maximum atomic E-state index is 11.8. The number of hydrogen-bond donors (Lipinski definition) is 3. The predicted molar refractivity (Wildman–Crippen MR) is 126 cm³/mol. The number of nitrogens with one attached hydrogen (secondary N) is 2. The second-order valence-electron chi connectivity index (χ2n) is 7.40. The third kappa shape index (κ3) is 4.83. The van der Waals surface area contributed by atoms with Crippen molar-refractivity contribution in [3.05, 3.63) is 82.4 Å². The van der Waals surface area contributed by atoms with Crippen molar-refractivity contribution in [3.8, 4) is 0 Å². The zero-order chi connectivity index (χ0) is 23.4. The zero-order valence-corrected chi connectivity index (χ0v) is 17.8. The highest BCUT2D eigenvalue weighted by atomic mass is 16.6. The Morgan fingerprint density at radius 2 is 1.88 bits per heavy atom. The van der Waals surface area contributed by atoms with Crippen molar-refractivity contribution >= 4 is 45.0 Å². The third-order valence-electron chi connectivity index (χ3n) is 5.04. The number of aliphatic hydroxyl groups excluding tert-OH is 1. The Bertz CT molecular complexity index is 1340. The summed E-state index contributed by atoms with van der Waals surface area (Å²) in [5.41, 5.74) is 2.60. The van der Waals surface area contributed by atoms with Crippen molar-refractivity contribution < 1.29 is 19.6 Å². The van der Waals surface area contributed by atoms with Gasteiger partial charge in [-0.1, -0.05) is 37.3 Å². The van der Waals surface area contributed by atoms with Crippen molar-refractivity contribution in [1.82, 2.24) is 4.98 Å². The summed E-state index contributed by atoms with van der Waals surface area (Å²) in [6.07, 6.45) is -0.973. The maximum absolute atomic E-state index is 11.8. The molecule has 1 heterocycles. The summed E-state index contributed by atoms with van der Waals surface area (Å²) in [6.45, 7) is 2.22. The Kier molecular flexibility index (Phi) is 6.32. The topological polar surface area (TPSA) is 127 Å². The first-order valence-corrected chi connectivity index (χ1v) is 10.4. The number of non-ortho nitro benzene ring substituents is 1. The fraction of sp³-hybridized carbons (Fsp3) is 0.167. The van der Waals surface area contributed by atoms with E-state index in [1.54, 1.807) is 36.4 Å². The highest BCUT2D eigenvalue weighted by Crippen LogP contribution is 2.34. The van der Waals surface area contributed by atoms with Gasteiger partial charge >= 0.3 is 6.09 Å². The Morgan fingerprint density at radius 3 is 2.67 bits per heavy atom. The Balaban J connectivity index is 1.68. The monoisotopic (exact) mass is 446 g/mol. The molecule has 4 rings (SSSR count). The molecular weight excluding hydrogens is 424 g/mol. The number of amides is 1. The van der Waals surface area contributed by atoms with Crippen molar-refractivity contribution in [2.45, 2.75) is 19.6 Å². The van der Waals surface area contributed by atoms with Gasteiger partial charge in [-0.2, -0.15) is 0 Å². The number of hydrogen-bond acceptors (Lipinski definition) is 7. The van der Waals surface area contributed by atoms with Crippen LogP contribution in [0.1, 0.15) is 25.1 Å². The number of carbonyl (C=O) groups excluding carboxylic acids is 1. The number of rotatable bonds is 7. The summed E-state index contributed by atoms with van der Waals surface area (Å²) in [5.74, 6) is 0. The van der Waals surface area contributed by atoms with Crippen LogP contribution in [0.15, 0.2) is 66.7 Å². The molecule has 9 nitrogen and oxygen atoms in total. The third-order valence-corrected chi connectivity index (χ3v) is 5.04. The lowest BCUT2D eigenvalue weighted by molar-refractivity contribution is -0.384. The SMILES string of the molecule is CCCOC(=O)Nc1cccc(C(O)Nc2c3ccccc3nc3cc([N+](=O)[O-])ccc23)c1. The van der Waals surface area contributed by atoms with Crippen LogP contribution in [-0.2, 0) is 4.74 Å². The van der Waals surface area contributed by atoms with Crippen molar-refractivity contribution in [1.29, 1.82) is 0 Å². The van der Waals surface area contributed by atoms with E-state index >= 15 is 0 Å². The molecule has 0 aliphatic carbocycles. The van der Waals surface area contributed by atoms with E-state index < -0.39 is 17.2 Å². The van der Waals surface area contributed by atoms with Gasteiger partial charge in [-0.25, -0.2) is 9.78 Å². The van der Waals surface area contributed by atoms with E-state index in [1.807, 2.05) is 25.1 Å². The van der Waals surface area contributed by atoms with E-state index in [0.29, 0.717) is 46.4 Å². The number of nitro groups is 1. The molecule has 0 radical (unpaired) electrons. The van der Waals surface area contributed by atoms with Crippen LogP contribution in [0.25, 0.3) is 21.8 Å². The molecule has 168 valence electrons. The molecule has 0 aliphatic rings. The van der Waals surface area contributed by atoms with E-state index in [9.17, 15) is 20.0 Å². The van der Waals surface area contributed by atoms with Crippen LogP contribution in [0, 0.1) is 10.1 Å². The number of nitrogens with zero attached hydrogens (tertiary/aromatic N) is 2. The average Bonchev–Trinajstić information content (AvgIpc) is 2.82. The van der Waals surface area contributed by atoms with Gasteiger partial charge in [0.1, 0.15) is 0 Å². The fourth-order valence-electron chi connectivity index (χ4n) is 3.51. The molecule has 1 atom stereocenters. The number of aromatic nitrogens is 1. The first kappa shape index (κ1) is 22.0. The minimum Gasteiger partial charge on any atom is -0.449 e. The quantitative estimate of drug-likeness (QED) is 0.151. The maximum Gasteiger partial charge on any atom is 0.411 e. The van der Waals surface area contributed by atoms with Crippen LogP contribution >= 0.6 is 0 Å². The second-order valence-corrected chi connectivity index (χ2v) is 7.40. The van der Waals surface area contributed by atoms with E-state index in [2.05, 4.69) is 15.6 Å². The molecule has 9 heteroatoms. The van der Waals surface area contributed by atoms with Crippen molar-refractivity contribution in [3.63, 3.8) is 0 Å². The van der Waals surface area contributed by atoms with Gasteiger partial charge in [-0.15, -0.1) is 0 Å². The molecule has 3 aromatic carbocycles. The van der Waals surface area contributed by atoms with E-state index in [0.717, 1.165) is 5.39 Å². The van der Waals surface area contributed by atoms with Gasteiger partial charge in [0, 0.05) is 34.2 Å². The molecule has 1 aromatic heterocycles. The number of nitro benzene ring substituents is 1. The number of carbonyl (C=O) groups is 1. The molecule has 1 amide bonds. The van der Waals surface area contributed by atoms with Gasteiger partial charge in [0.2, 0.25) is 0 Å². The molecule has 0 aliphatic heterocycles. The number of para-hydroxylation sites is 1. The summed E-state index contributed by atoms with van der Waals surface area (Å²) in [5, 5.41) is 29.3. The Morgan fingerprint density at radius 1 is 1.09 bits per heavy atom. The number of ether oxygens (including phenoxy) is 1. The molecule has 0 fully saturated rings. The fourth-order valence-corrected chi connectivity index (χ4v) is 3.51. The summed E-state index contributed by atoms with van der Waals surface area (Å²) in [6, 6.07) is 18.5. The lowest BCUT2D eigenvalue weighted by Gasteiger charge is -2.19. The van der Waals surface area contributed by atoms with Crippen LogP contribution < -0.4 is 10.6 Å². The van der Waals surface area contributed by atoms with E-state index in [-0.39, 0.29) is 5.69 Å². The number of fused-ring (bicyclic) bond motifs is 2.